The molecule has 0 radical (unpaired) electrons. The van der Waals surface area contributed by atoms with E-state index in [1.54, 1.807) is 19.6 Å². The van der Waals surface area contributed by atoms with E-state index >= 15 is 0 Å². The zero-order valence-corrected chi connectivity index (χ0v) is 16.0. The zero-order chi connectivity index (χ0) is 19.6. The Morgan fingerprint density at radius 2 is 2.10 bits per heavy atom. The normalized spacial score (nSPS) is 18.9. The quantitative estimate of drug-likeness (QED) is 0.515. The van der Waals surface area contributed by atoms with Gasteiger partial charge in [-0.3, -0.25) is 5.10 Å². The number of aromatic nitrogens is 6. The first-order valence-electron chi connectivity index (χ1n) is 9.64. The maximum atomic E-state index is 5.57. The third-order valence-corrected chi connectivity index (χ3v) is 5.38. The molecule has 0 saturated heterocycles. The van der Waals surface area contributed by atoms with E-state index in [2.05, 4.69) is 35.6 Å². The van der Waals surface area contributed by atoms with Gasteiger partial charge in [0.15, 0.2) is 11.5 Å². The highest BCUT2D eigenvalue weighted by molar-refractivity contribution is 5.85. The fraction of sp³-hybridized carbons (Fsp3) is 0.350. The van der Waals surface area contributed by atoms with Gasteiger partial charge < -0.3 is 14.6 Å². The topological polar surface area (TPSA) is 115 Å². The number of fused-ring (bicyclic) bond motifs is 1. The van der Waals surface area contributed by atoms with E-state index in [-0.39, 0.29) is 5.92 Å². The Bertz CT molecular complexity index is 1110. The zero-order valence-electron chi connectivity index (χ0n) is 16.0. The van der Waals surface area contributed by atoms with Gasteiger partial charge in [0, 0.05) is 18.4 Å². The monoisotopic (exact) mass is 391 g/mol. The highest BCUT2D eigenvalue weighted by atomic mass is 16.5. The Kier molecular flexibility index (Phi) is 4.55. The number of rotatable bonds is 6. The lowest BCUT2D eigenvalue weighted by Crippen LogP contribution is -2.16. The predicted octanol–water partition coefficient (Wildman–Crippen LogP) is 3.08. The molecule has 1 fully saturated rings. The van der Waals surface area contributed by atoms with Crippen molar-refractivity contribution in [2.24, 2.45) is 0 Å². The number of nitrogens with zero attached hydrogens (tertiary/aromatic N) is 5. The van der Waals surface area contributed by atoms with Crippen molar-refractivity contribution < 1.29 is 9.26 Å². The van der Waals surface area contributed by atoms with E-state index < -0.39 is 0 Å². The molecular formula is C20H21N7O2. The number of methoxy groups -OCH3 is 1. The molecule has 2 atom stereocenters. The fourth-order valence-electron chi connectivity index (χ4n) is 3.84. The van der Waals surface area contributed by atoms with Gasteiger partial charge in [0.2, 0.25) is 5.89 Å². The lowest BCUT2D eigenvalue weighted by molar-refractivity contribution is 0.350. The van der Waals surface area contributed by atoms with Crippen LogP contribution >= 0.6 is 0 Å². The maximum absolute atomic E-state index is 5.57. The summed E-state index contributed by atoms with van der Waals surface area (Å²) in [6.07, 6.45) is 6.87. The summed E-state index contributed by atoms with van der Waals surface area (Å²) in [6, 6.07) is 8.21. The first kappa shape index (κ1) is 17.6. The van der Waals surface area contributed by atoms with Crippen molar-refractivity contribution >= 4 is 16.9 Å². The van der Waals surface area contributed by atoms with Gasteiger partial charge in [-0.1, -0.05) is 17.3 Å². The average molecular weight is 391 g/mol. The van der Waals surface area contributed by atoms with Crippen LogP contribution in [0.2, 0.25) is 0 Å². The Balaban J connectivity index is 1.23. The van der Waals surface area contributed by atoms with E-state index in [0.29, 0.717) is 24.2 Å². The van der Waals surface area contributed by atoms with Crippen LogP contribution in [0.15, 0.2) is 41.3 Å². The average Bonchev–Trinajstić information content (AvgIpc) is 3.49. The Morgan fingerprint density at radius 1 is 1.21 bits per heavy atom. The second-order valence-electron chi connectivity index (χ2n) is 7.28. The van der Waals surface area contributed by atoms with Gasteiger partial charge in [-0.15, -0.1) is 0 Å². The molecule has 29 heavy (non-hydrogen) atoms. The Labute approximate surface area is 166 Å². The number of aromatic amines is 1. The molecule has 1 saturated carbocycles. The number of benzene rings is 1. The largest absolute Gasteiger partial charge is 0.497 e. The van der Waals surface area contributed by atoms with Crippen LogP contribution < -0.4 is 10.1 Å². The predicted molar refractivity (Wildman–Crippen MR) is 106 cm³/mol. The second-order valence-corrected chi connectivity index (χ2v) is 7.28. The summed E-state index contributed by atoms with van der Waals surface area (Å²) in [7, 11) is 1.66. The summed E-state index contributed by atoms with van der Waals surface area (Å²) >= 11 is 0. The SMILES string of the molecule is COc1ccc(Cc2noc([C@H]3CC[C@H](Nc4ncnc5[nH]ncc45)C3)n2)cc1. The van der Waals surface area contributed by atoms with Gasteiger partial charge in [0.25, 0.3) is 0 Å². The third kappa shape index (κ3) is 3.63. The highest BCUT2D eigenvalue weighted by Crippen LogP contribution is 2.35. The van der Waals surface area contributed by atoms with Crippen LogP contribution in [0.4, 0.5) is 5.82 Å². The molecular weight excluding hydrogens is 370 g/mol. The second kappa shape index (κ2) is 7.50. The number of anilines is 1. The smallest absolute Gasteiger partial charge is 0.229 e. The van der Waals surface area contributed by atoms with Crippen molar-refractivity contribution in [1.82, 2.24) is 30.3 Å². The number of H-pyrrole nitrogens is 1. The molecule has 0 bridgehead atoms. The molecule has 5 rings (SSSR count). The van der Waals surface area contributed by atoms with Crippen LogP contribution in [0.1, 0.15) is 42.5 Å². The van der Waals surface area contributed by atoms with Crippen molar-refractivity contribution in [3.05, 3.63) is 54.1 Å². The first-order chi connectivity index (χ1) is 14.3. The number of hydrogen-bond acceptors (Lipinski definition) is 8. The minimum Gasteiger partial charge on any atom is -0.497 e. The van der Waals surface area contributed by atoms with Crippen LogP contribution in [0.25, 0.3) is 11.0 Å². The van der Waals surface area contributed by atoms with Crippen molar-refractivity contribution in [2.45, 2.75) is 37.6 Å². The van der Waals surface area contributed by atoms with Crippen molar-refractivity contribution in [3.8, 4) is 5.75 Å². The Hall–Kier alpha value is -3.49. The van der Waals surface area contributed by atoms with Gasteiger partial charge in [-0.05, 0) is 37.0 Å². The van der Waals surface area contributed by atoms with Crippen LogP contribution in [-0.2, 0) is 6.42 Å². The molecule has 0 aliphatic heterocycles. The summed E-state index contributed by atoms with van der Waals surface area (Å²) < 4.78 is 10.8. The van der Waals surface area contributed by atoms with E-state index in [1.165, 1.54) is 0 Å². The van der Waals surface area contributed by atoms with Crippen molar-refractivity contribution in [2.75, 3.05) is 12.4 Å². The van der Waals surface area contributed by atoms with E-state index in [0.717, 1.165) is 47.4 Å². The maximum Gasteiger partial charge on any atom is 0.229 e. The van der Waals surface area contributed by atoms with Crippen molar-refractivity contribution in [3.63, 3.8) is 0 Å². The molecule has 148 valence electrons. The highest BCUT2D eigenvalue weighted by Gasteiger charge is 2.30. The van der Waals surface area contributed by atoms with E-state index in [1.807, 2.05) is 24.3 Å². The standard InChI is InChI=1S/C20H21N7O2/c1-28-15-6-2-12(3-7-15)8-17-25-20(29-27-17)13-4-5-14(9-13)24-18-16-10-23-26-19(16)22-11-21-18/h2-3,6-7,10-11,13-14H,4-5,8-9H2,1H3,(H2,21,22,23,24,26)/t13-,14-/m0/s1. The van der Waals surface area contributed by atoms with Gasteiger partial charge in [-0.25, -0.2) is 9.97 Å². The van der Waals surface area contributed by atoms with Crippen molar-refractivity contribution in [1.29, 1.82) is 0 Å². The molecule has 3 heterocycles. The third-order valence-electron chi connectivity index (χ3n) is 5.38. The van der Waals surface area contributed by atoms with E-state index in [9.17, 15) is 0 Å². The number of nitrogens with one attached hydrogen (secondary N) is 2. The lowest BCUT2D eigenvalue weighted by Gasteiger charge is -2.13. The van der Waals surface area contributed by atoms with Gasteiger partial charge in [0.05, 0.1) is 18.7 Å². The van der Waals surface area contributed by atoms with Crippen LogP contribution in [0.5, 0.6) is 5.75 Å². The van der Waals surface area contributed by atoms with E-state index in [4.69, 9.17) is 9.26 Å². The minimum absolute atomic E-state index is 0.256. The molecule has 0 unspecified atom stereocenters. The molecule has 1 aromatic carbocycles. The molecule has 9 heteroatoms. The number of hydrogen-bond donors (Lipinski definition) is 2. The van der Waals surface area contributed by atoms with Gasteiger partial charge in [0.1, 0.15) is 17.9 Å². The summed E-state index contributed by atoms with van der Waals surface area (Å²) in [4.78, 5) is 13.2. The summed E-state index contributed by atoms with van der Waals surface area (Å²) in [5, 5.41) is 15.5. The van der Waals surface area contributed by atoms with Gasteiger partial charge >= 0.3 is 0 Å². The van der Waals surface area contributed by atoms with Crippen LogP contribution in [0.3, 0.4) is 0 Å². The summed E-state index contributed by atoms with van der Waals surface area (Å²) in [5.74, 6) is 3.32. The summed E-state index contributed by atoms with van der Waals surface area (Å²) in [6.45, 7) is 0. The lowest BCUT2D eigenvalue weighted by atomic mass is 10.1. The molecule has 1 aliphatic rings. The van der Waals surface area contributed by atoms with Gasteiger partial charge in [-0.2, -0.15) is 10.1 Å². The molecule has 9 nitrogen and oxygen atoms in total. The molecule has 0 spiro atoms. The van der Waals surface area contributed by atoms with Crippen LogP contribution in [0, 0.1) is 0 Å². The number of ether oxygens (including phenoxy) is 1. The summed E-state index contributed by atoms with van der Waals surface area (Å²) in [5.41, 5.74) is 1.86. The molecule has 2 N–H and O–H groups in total. The molecule has 3 aromatic heterocycles. The fourth-order valence-corrected chi connectivity index (χ4v) is 3.84. The van der Waals surface area contributed by atoms with Crippen LogP contribution in [-0.4, -0.2) is 43.5 Å². The minimum atomic E-state index is 0.256. The Morgan fingerprint density at radius 3 is 2.97 bits per heavy atom. The molecule has 0 amide bonds. The first-order valence-corrected chi connectivity index (χ1v) is 9.64. The molecule has 4 aromatic rings. The molecule has 1 aliphatic carbocycles.